The molecule has 0 atom stereocenters. The molecule has 0 aliphatic heterocycles. The van der Waals surface area contributed by atoms with Crippen LogP contribution in [0.2, 0.25) is 0 Å². The summed E-state index contributed by atoms with van der Waals surface area (Å²) in [5, 5.41) is 9.10. The summed E-state index contributed by atoms with van der Waals surface area (Å²) in [6, 6.07) is 7.19. The highest BCUT2D eigenvalue weighted by Crippen LogP contribution is 2.22. The van der Waals surface area contributed by atoms with Crippen molar-refractivity contribution in [2.75, 3.05) is 11.6 Å². The second-order valence-corrected chi connectivity index (χ2v) is 6.05. The zero-order valence-electron chi connectivity index (χ0n) is 9.22. The average molecular weight is 271 g/mol. The molecule has 6 heteroatoms. The van der Waals surface area contributed by atoms with E-state index >= 15 is 0 Å². The van der Waals surface area contributed by atoms with Crippen LogP contribution in [0.3, 0.4) is 0 Å². The number of benzene rings is 1. The van der Waals surface area contributed by atoms with E-state index < -0.39 is 9.84 Å². The van der Waals surface area contributed by atoms with Crippen LogP contribution >= 0.6 is 11.6 Å². The third kappa shape index (κ3) is 2.25. The Kier molecular flexibility index (Phi) is 3.31. The number of hydrogen-bond donors (Lipinski definition) is 0. The number of rotatable bonds is 3. The van der Waals surface area contributed by atoms with Crippen molar-refractivity contribution in [1.29, 1.82) is 0 Å². The first-order chi connectivity index (χ1) is 8.06. The molecule has 0 amide bonds. The normalized spacial score (nSPS) is 11.9. The van der Waals surface area contributed by atoms with Crippen LogP contribution in [-0.4, -0.2) is 30.2 Å². The van der Waals surface area contributed by atoms with Gasteiger partial charge in [0.15, 0.2) is 14.9 Å². The number of alkyl halides is 1. The van der Waals surface area contributed by atoms with Crippen molar-refractivity contribution in [3.05, 3.63) is 30.0 Å². The minimum absolute atomic E-state index is 0.0133. The minimum Gasteiger partial charge on any atom is -0.222 e. The van der Waals surface area contributed by atoms with Gasteiger partial charge in [0.1, 0.15) is 0 Å². The standard InChI is InChI=1S/C11H11ClN2O2S/c1-8-9-4-2-3-5-10(9)11(14-13-8)17(15,16)7-6-12/h2-5H,6-7H2,1H3. The number of sulfone groups is 1. The molecule has 0 bridgehead atoms. The molecule has 1 aromatic heterocycles. The van der Waals surface area contributed by atoms with Crippen LogP contribution in [0.15, 0.2) is 29.3 Å². The van der Waals surface area contributed by atoms with E-state index in [0.717, 1.165) is 5.39 Å². The van der Waals surface area contributed by atoms with Gasteiger partial charge < -0.3 is 0 Å². The summed E-state index contributed by atoms with van der Waals surface area (Å²) in [7, 11) is -3.46. The fourth-order valence-corrected chi connectivity index (χ4v) is 3.33. The van der Waals surface area contributed by atoms with Crippen molar-refractivity contribution in [2.45, 2.75) is 11.9 Å². The monoisotopic (exact) mass is 270 g/mol. The van der Waals surface area contributed by atoms with Crippen LogP contribution < -0.4 is 0 Å². The molecule has 1 aromatic carbocycles. The fourth-order valence-electron chi connectivity index (χ4n) is 1.64. The van der Waals surface area contributed by atoms with Crippen LogP contribution in [0, 0.1) is 6.92 Å². The minimum atomic E-state index is -3.46. The van der Waals surface area contributed by atoms with E-state index in [2.05, 4.69) is 10.2 Å². The molecule has 2 rings (SSSR count). The number of halogens is 1. The van der Waals surface area contributed by atoms with Crippen LogP contribution in [0.1, 0.15) is 5.69 Å². The third-order valence-corrected chi connectivity index (χ3v) is 4.52. The second-order valence-electron chi connectivity index (χ2n) is 3.64. The molecule has 0 saturated heterocycles. The first kappa shape index (κ1) is 12.3. The van der Waals surface area contributed by atoms with E-state index in [-0.39, 0.29) is 16.7 Å². The Hall–Kier alpha value is -1.20. The largest absolute Gasteiger partial charge is 0.222 e. The molecule has 0 spiro atoms. The van der Waals surface area contributed by atoms with Gasteiger partial charge in [0, 0.05) is 16.7 Å². The molecule has 0 radical (unpaired) electrons. The predicted octanol–water partition coefficient (Wildman–Crippen LogP) is 1.95. The fraction of sp³-hybridized carbons (Fsp3) is 0.273. The third-order valence-electron chi connectivity index (χ3n) is 2.48. The van der Waals surface area contributed by atoms with E-state index in [0.29, 0.717) is 11.1 Å². The Balaban J connectivity index is 2.76. The number of aromatic nitrogens is 2. The molecule has 4 nitrogen and oxygen atoms in total. The van der Waals surface area contributed by atoms with Gasteiger partial charge in [0.05, 0.1) is 11.4 Å². The van der Waals surface area contributed by atoms with Gasteiger partial charge in [0.25, 0.3) is 0 Å². The van der Waals surface area contributed by atoms with E-state index in [1.54, 1.807) is 19.1 Å². The second kappa shape index (κ2) is 4.58. The van der Waals surface area contributed by atoms with E-state index in [1.165, 1.54) is 0 Å². The van der Waals surface area contributed by atoms with Crippen molar-refractivity contribution in [1.82, 2.24) is 10.2 Å². The summed E-state index contributed by atoms with van der Waals surface area (Å²) in [4.78, 5) is 0. The summed E-state index contributed by atoms with van der Waals surface area (Å²) < 4.78 is 23.9. The highest BCUT2D eigenvalue weighted by molar-refractivity contribution is 7.91. The molecule has 1 heterocycles. The van der Waals surface area contributed by atoms with Crippen LogP contribution in [-0.2, 0) is 9.84 Å². The Bertz CT molecular complexity index is 656. The lowest BCUT2D eigenvalue weighted by atomic mass is 10.1. The van der Waals surface area contributed by atoms with Crippen molar-refractivity contribution in [2.24, 2.45) is 0 Å². The first-order valence-corrected chi connectivity index (χ1v) is 7.25. The molecule has 0 aliphatic rings. The van der Waals surface area contributed by atoms with E-state index in [9.17, 15) is 8.42 Å². The number of nitrogens with zero attached hydrogens (tertiary/aromatic N) is 2. The topological polar surface area (TPSA) is 59.9 Å². The maximum Gasteiger partial charge on any atom is 0.199 e. The lowest BCUT2D eigenvalue weighted by molar-refractivity contribution is 0.593. The zero-order valence-corrected chi connectivity index (χ0v) is 10.8. The molecule has 0 aliphatic carbocycles. The van der Waals surface area contributed by atoms with Gasteiger partial charge in [0.2, 0.25) is 0 Å². The van der Waals surface area contributed by atoms with Crippen LogP contribution in [0.4, 0.5) is 0 Å². The summed E-state index contributed by atoms with van der Waals surface area (Å²) in [5.74, 6) is -0.0808. The van der Waals surface area contributed by atoms with Gasteiger partial charge in [-0.1, -0.05) is 24.3 Å². The molecule has 2 aromatic rings. The Labute approximate surface area is 105 Å². The number of fused-ring (bicyclic) bond motifs is 1. The summed E-state index contributed by atoms with van der Waals surface area (Å²) in [6.45, 7) is 1.80. The van der Waals surface area contributed by atoms with Gasteiger partial charge in [-0.3, -0.25) is 0 Å². The first-order valence-electron chi connectivity index (χ1n) is 5.07. The summed E-state index contributed by atoms with van der Waals surface area (Å²) in [5.41, 5.74) is 0.713. The maximum absolute atomic E-state index is 12.0. The summed E-state index contributed by atoms with van der Waals surface area (Å²) >= 11 is 5.49. The highest BCUT2D eigenvalue weighted by atomic mass is 35.5. The van der Waals surface area contributed by atoms with Gasteiger partial charge >= 0.3 is 0 Å². The predicted molar refractivity (Wildman–Crippen MR) is 67.0 cm³/mol. The van der Waals surface area contributed by atoms with Gasteiger partial charge in [-0.15, -0.1) is 16.7 Å². The zero-order chi connectivity index (χ0) is 12.5. The molecular formula is C11H11ClN2O2S. The van der Waals surface area contributed by atoms with Crippen molar-refractivity contribution < 1.29 is 8.42 Å². The molecule has 0 saturated carbocycles. The molecule has 17 heavy (non-hydrogen) atoms. The molecule has 0 fully saturated rings. The van der Waals surface area contributed by atoms with Crippen LogP contribution in [0.5, 0.6) is 0 Å². The maximum atomic E-state index is 12.0. The summed E-state index contributed by atoms with van der Waals surface area (Å²) in [6.07, 6.45) is 0. The molecule has 0 N–H and O–H groups in total. The van der Waals surface area contributed by atoms with Crippen LogP contribution in [0.25, 0.3) is 10.8 Å². The average Bonchev–Trinajstić information content (AvgIpc) is 2.29. The lowest BCUT2D eigenvalue weighted by Crippen LogP contribution is -2.12. The van der Waals surface area contributed by atoms with Crippen molar-refractivity contribution in [3.8, 4) is 0 Å². The van der Waals surface area contributed by atoms with E-state index in [1.807, 2.05) is 12.1 Å². The molecular weight excluding hydrogens is 260 g/mol. The molecule has 0 unspecified atom stereocenters. The highest BCUT2D eigenvalue weighted by Gasteiger charge is 2.20. The van der Waals surface area contributed by atoms with Gasteiger partial charge in [-0.2, -0.15) is 5.10 Å². The smallest absolute Gasteiger partial charge is 0.199 e. The SMILES string of the molecule is Cc1nnc(S(=O)(=O)CCCl)c2ccccc12. The Morgan fingerprint density at radius 3 is 2.47 bits per heavy atom. The Morgan fingerprint density at radius 1 is 1.18 bits per heavy atom. The molecule has 90 valence electrons. The number of hydrogen-bond acceptors (Lipinski definition) is 4. The van der Waals surface area contributed by atoms with E-state index in [4.69, 9.17) is 11.6 Å². The van der Waals surface area contributed by atoms with Gasteiger partial charge in [-0.05, 0) is 6.92 Å². The Morgan fingerprint density at radius 2 is 1.82 bits per heavy atom. The quantitative estimate of drug-likeness (QED) is 0.800. The van der Waals surface area contributed by atoms with Gasteiger partial charge in [-0.25, -0.2) is 8.42 Å². The lowest BCUT2D eigenvalue weighted by Gasteiger charge is -2.06. The van der Waals surface area contributed by atoms with Crippen molar-refractivity contribution in [3.63, 3.8) is 0 Å². The number of aryl methyl sites for hydroxylation is 1. The van der Waals surface area contributed by atoms with Crippen molar-refractivity contribution >= 4 is 32.2 Å².